The number of ether oxygens (including phenoxy) is 1. The molecule has 226 valence electrons. The zero-order chi connectivity index (χ0) is 29.2. The van der Waals surface area contributed by atoms with E-state index in [0.29, 0.717) is 34.4 Å². The zero-order valence-electron chi connectivity index (χ0n) is 25.0. The van der Waals surface area contributed by atoms with Crippen LogP contribution >= 0.6 is 0 Å². The Balaban J connectivity index is 0.916. The Labute approximate surface area is 254 Å². The van der Waals surface area contributed by atoms with Gasteiger partial charge in [0.25, 0.3) is 0 Å². The smallest absolute Gasteiger partial charge is 0.141 e. The van der Waals surface area contributed by atoms with E-state index in [4.69, 9.17) is 15.9 Å². The number of nitrogens with zero attached hydrogens (tertiary/aromatic N) is 4. The highest BCUT2D eigenvalue weighted by atomic mass is 16.5. The lowest BCUT2D eigenvalue weighted by Crippen LogP contribution is -2.62. The summed E-state index contributed by atoms with van der Waals surface area (Å²) in [5, 5.41) is 16.0. The van der Waals surface area contributed by atoms with Gasteiger partial charge in [-0.3, -0.25) is 5.41 Å². The Bertz CT molecular complexity index is 1390. The molecule has 4 heterocycles. The summed E-state index contributed by atoms with van der Waals surface area (Å²) in [6.07, 6.45) is 9.08. The second kappa shape index (κ2) is 12.2. The molecule has 3 aromatic rings. The van der Waals surface area contributed by atoms with Gasteiger partial charge in [-0.2, -0.15) is 0 Å². The molecular formula is C34H44N8O. The second-order valence-electron chi connectivity index (χ2n) is 13.2. The van der Waals surface area contributed by atoms with E-state index in [9.17, 15) is 0 Å². The molecule has 0 atom stereocenters. The minimum atomic E-state index is 0.301. The van der Waals surface area contributed by atoms with Gasteiger partial charge in [-0.05, 0) is 86.3 Å². The number of nitrogen functional groups attached to an aromatic ring is 1. The van der Waals surface area contributed by atoms with Crippen LogP contribution in [-0.4, -0.2) is 83.4 Å². The highest BCUT2D eigenvalue weighted by Gasteiger charge is 2.46. The highest BCUT2D eigenvalue weighted by molar-refractivity contribution is 6.16. The Morgan fingerprint density at radius 2 is 1.65 bits per heavy atom. The topological polar surface area (TPSA) is 115 Å². The van der Waals surface area contributed by atoms with Crippen LogP contribution in [0.5, 0.6) is 11.5 Å². The highest BCUT2D eigenvalue weighted by Crippen LogP contribution is 2.45. The number of hydrogen-bond acceptors (Lipinski definition) is 9. The van der Waals surface area contributed by atoms with Crippen LogP contribution in [0.2, 0.25) is 0 Å². The van der Waals surface area contributed by atoms with E-state index in [1.54, 1.807) is 0 Å². The van der Waals surface area contributed by atoms with Crippen molar-refractivity contribution in [3.05, 3.63) is 72.1 Å². The number of nitrogens with two attached hydrogens (primary N) is 1. The predicted molar refractivity (Wildman–Crippen MR) is 171 cm³/mol. The Morgan fingerprint density at radius 3 is 2.33 bits per heavy atom. The molecule has 0 bridgehead atoms. The van der Waals surface area contributed by atoms with E-state index in [0.717, 1.165) is 55.0 Å². The number of hydrogen-bond donors (Lipinski definition) is 4. The summed E-state index contributed by atoms with van der Waals surface area (Å²) in [6.45, 7) is 8.58. The van der Waals surface area contributed by atoms with Crippen molar-refractivity contribution in [1.29, 1.82) is 5.41 Å². The Kier molecular flexibility index (Phi) is 8.03. The lowest BCUT2D eigenvalue weighted by atomic mass is 9.67. The van der Waals surface area contributed by atoms with Crippen LogP contribution in [0.25, 0.3) is 0 Å². The number of anilines is 2. The first-order chi connectivity index (χ1) is 21.0. The van der Waals surface area contributed by atoms with Gasteiger partial charge in [-0.25, -0.2) is 9.97 Å². The van der Waals surface area contributed by atoms with Crippen molar-refractivity contribution in [2.75, 3.05) is 56.9 Å². The molecule has 1 spiro atoms. The number of piperidine rings is 1. The molecule has 3 aliphatic heterocycles. The third-order valence-electron chi connectivity index (χ3n) is 10.2. The number of aromatic nitrogens is 2. The molecule has 0 amide bonds. The summed E-state index contributed by atoms with van der Waals surface area (Å²) in [7, 11) is 0. The number of likely N-dealkylation sites (tertiary alicyclic amines) is 2. The first-order valence-electron chi connectivity index (χ1n) is 16.0. The van der Waals surface area contributed by atoms with Crippen LogP contribution in [0, 0.1) is 16.7 Å². The van der Waals surface area contributed by atoms with Crippen molar-refractivity contribution in [3.8, 4) is 11.5 Å². The molecule has 43 heavy (non-hydrogen) atoms. The van der Waals surface area contributed by atoms with Crippen molar-refractivity contribution in [2.45, 2.75) is 50.6 Å². The summed E-state index contributed by atoms with van der Waals surface area (Å²) in [4.78, 5) is 14.2. The molecule has 5 N–H and O–H groups in total. The van der Waals surface area contributed by atoms with E-state index < -0.39 is 0 Å². The van der Waals surface area contributed by atoms with Gasteiger partial charge >= 0.3 is 0 Å². The SMILES string of the molecule is N=C(c1ccc(Oc2ccccc2)cc1)c1c(N)ncnc1NC1CCN(C2CCC3(CC2)CN(CC2CNC2)C3)CC1. The number of benzene rings is 2. The van der Waals surface area contributed by atoms with Crippen molar-refractivity contribution in [3.63, 3.8) is 0 Å². The van der Waals surface area contributed by atoms with Crippen LogP contribution in [0.4, 0.5) is 11.6 Å². The molecule has 3 saturated heterocycles. The molecule has 1 aliphatic carbocycles. The molecule has 4 fully saturated rings. The second-order valence-corrected chi connectivity index (χ2v) is 13.2. The van der Waals surface area contributed by atoms with Gasteiger partial charge in [0.2, 0.25) is 0 Å². The van der Waals surface area contributed by atoms with Crippen molar-refractivity contribution < 1.29 is 4.74 Å². The van der Waals surface area contributed by atoms with E-state index in [-0.39, 0.29) is 0 Å². The minimum Gasteiger partial charge on any atom is -0.457 e. The average molecular weight is 581 g/mol. The van der Waals surface area contributed by atoms with Gasteiger partial charge < -0.3 is 30.9 Å². The quantitative estimate of drug-likeness (QED) is 0.271. The molecule has 7 rings (SSSR count). The summed E-state index contributed by atoms with van der Waals surface area (Å²) in [5.74, 6) is 3.34. The summed E-state index contributed by atoms with van der Waals surface area (Å²) < 4.78 is 5.92. The van der Waals surface area contributed by atoms with E-state index in [1.165, 1.54) is 64.7 Å². The fourth-order valence-corrected chi connectivity index (χ4v) is 7.59. The van der Waals surface area contributed by atoms with E-state index in [1.807, 2.05) is 54.6 Å². The summed E-state index contributed by atoms with van der Waals surface area (Å²) >= 11 is 0. The van der Waals surface area contributed by atoms with Gasteiger partial charge in [-0.15, -0.1) is 0 Å². The van der Waals surface area contributed by atoms with Crippen LogP contribution in [-0.2, 0) is 0 Å². The molecule has 9 heteroatoms. The fourth-order valence-electron chi connectivity index (χ4n) is 7.59. The monoisotopic (exact) mass is 580 g/mol. The van der Waals surface area contributed by atoms with Crippen LogP contribution in [0.3, 0.4) is 0 Å². The number of para-hydroxylation sites is 1. The normalized spacial score (nSPS) is 21.7. The molecular weight excluding hydrogens is 536 g/mol. The molecule has 0 unspecified atom stereocenters. The largest absolute Gasteiger partial charge is 0.457 e. The first kappa shape index (κ1) is 28.3. The third-order valence-corrected chi connectivity index (χ3v) is 10.2. The Morgan fingerprint density at radius 1 is 0.953 bits per heavy atom. The predicted octanol–water partition coefficient (Wildman–Crippen LogP) is 4.61. The fraction of sp³-hybridized carbons (Fsp3) is 0.500. The van der Waals surface area contributed by atoms with Crippen LogP contribution in [0.1, 0.15) is 49.7 Å². The summed E-state index contributed by atoms with van der Waals surface area (Å²) in [6, 6.07) is 18.2. The lowest BCUT2D eigenvalue weighted by molar-refractivity contribution is -0.0565. The van der Waals surface area contributed by atoms with Crippen molar-refractivity contribution in [2.24, 2.45) is 11.3 Å². The van der Waals surface area contributed by atoms with Crippen LogP contribution < -0.4 is 21.1 Å². The minimum absolute atomic E-state index is 0.301. The Hall–Kier alpha value is -3.53. The average Bonchev–Trinajstić information content (AvgIpc) is 2.99. The maximum atomic E-state index is 8.98. The third kappa shape index (κ3) is 6.25. The van der Waals surface area contributed by atoms with Gasteiger partial charge in [0, 0.05) is 63.5 Å². The van der Waals surface area contributed by atoms with Crippen molar-refractivity contribution in [1.82, 2.24) is 25.1 Å². The molecule has 1 saturated carbocycles. The molecule has 2 aromatic carbocycles. The number of nitrogens with one attached hydrogen (secondary N) is 3. The van der Waals surface area contributed by atoms with E-state index in [2.05, 4.69) is 30.4 Å². The van der Waals surface area contributed by atoms with E-state index >= 15 is 0 Å². The van der Waals surface area contributed by atoms with Gasteiger partial charge in [-0.1, -0.05) is 18.2 Å². The lowest BCUT2D eigenvalue weighted by Gasteiger charge is -2.56. The maximum Gasteiger partial charge on any atom is 0.141 e. The molecule has 0 radical (unpaired) electrons. The van der Waals surface area contributed by atoms with Gasteiger partial charge in [0.1, 0.15) is 29.5 Å². The van der Waals surface area contributed by atoms with Crippen LogP contribution in [0.15, 0.2) is 60.9 Å². The number of rotatable bonds is 9. The first-order valence-corrected chi connectivity index (χ1v) is 16.0. The molecule has 1 aromatic heterocycles. The molecule has 4 aliphatic rings. The molecule has 9 nitrogen and oxygen atoms in total. The zero-order valence-corrected chi connectivity index (χ0v) is 25.0. The van der Waals surface area contributed by atoms with Gasteiger partial charge in [0.15, 0.2) is 0 Å². The van der Waals surface area contributed by atoms with Gasteiger partial charge in [0.05, 0.1) is 11.3 Å². The van der Waals surface area contributed by atoms with Crippen molar-refractivity contribution >= 4 is 17.3 Å². The summed E-state index contributed by atoms with van der Waals surface area (Å²) in [5.41, 5.74) is 8.54. The standard InChI is InChI=1S/C34H44N8O/c35-31(25-6-8-29(9-7-25)43-28-4-2-1-3-5-28)30-32(36)38-23-39-33(30)40-26-12-16-42(17-13-26)27-10-14-34(15-11-27)21-41(22-34)20-24-18-37-19-24/h1-9,23-24,26-27,35,37H,10-22H2,(H3,36,38,39,40). The maximum absolute atomic E-state index is 8.98.